The Morgan fingerprint density at radius 3 is 2.65 bits per heavy atom. The zero-order valence-corrected chi connectivity index (χ0v) is 13.6. The number of amides is 1. The Morgan fingerprint density at radius 2 is 2.13 bits per heavy atom. The van der Waals surface area contributed by atoms with Gasteiger partial charge in [0.25, 0.3) is 0 Å². The van der Waals surface area contributed by atoms with Gasteiger partial charge < -0.3 is 10.1 Å². The summed E-state index contributed by atoms with van der Waals surface area (Å²) in [4.78, 5) is 12.1. The number of carbonyl (C=O) groups is 1. The monoisotopic (exact) mass is 343 g/mol. The van der Waals surface area contributed by atoms with Gasteiger partial charge in [-0.3, -0.25) is 9.48 Å². The van der Waals surface area contributed by atoms with Crippen molar-refractivity contribution >= 4 is 23.2 Å². The first-order valence-corrected chi connectivity index (χ1v) is 7.19. The number of nitrogens with zero attached hydrogens (tertiary/aromatic N) is 2. The van der Waals surface area contributed by atoms with Gasteiger partial charge in [-0.2, -0.15) is 13.9 Å². The summed E-state index contributed by atoms with van der Waals surface area (Å²) < 4.78 is 30.3. The van der Waals surface area contributed by atoms with Crippen LogP contribution in [0.1, 0.15) is 17.0 Å². The van der Waals surface area contributed by atoms with Crippen molar-refractivity contribution in [3.63, 3.8) is 0 Å². The first kappa shape index (κ1) is 17.2. The molecule has 0 aliphatic heterocycles. The molecule has 0 saturated carbocycles. The van der Waals surface area contributed by atoms with Crippen LogP contribution in [0, 0.1) is 13.8 Å². The van der Waals surface area contributed by atoms with Crippen LogP contribution in [0.3, 0.4) is 0 Å². The Bertz CT molecular complexity index is 732. The van der Waals surface area contributed by atoms with E-state index < -0.39 is 6.61 Å². The molecule has 0 atom stereocenters. The fraction of sp³-hybridized carbons (Fsp3) is 0.333. The normalized spacial score (nSPS) is 10.9. The second-order valence-corrected chi connectivity index (χ2v) is 5.43. The average Bonchev–Trinajstić information content (AvgIpc) is 2.68. The van der Waals surface area contributed by atoms with Crippen molar-refractivity contribution in [3.05, 3.63) is 40.2 Å². The van der Waals surface area contributed by atoms with Crippen LogP contribution in [0.25, 0.3) is 0 Å². The number of rotatable bonds is 5. The zero-order chi connectivity index (χ0) is 17.1. The van der Waals surface area contributed by atoms with Crippen LogP contribution in [-0.2, 0) is 18.3 Å². The predicted molar refractivity (Wildman–Crippen MR) is 83.1 cm³/mol. The highest BCUT2D eigenvalue weighted by molar-refractivity contribution is 6.32. The lowest BCUT2D eigenvalue weighted by Gasteiger charge is -2.10. The Kier molecular flexibility index (Phi) is 5.20. The van der Waals surface area contributed by atoms with Crippen LogP contribution in [0.5, 0.6) is 5.75 Å². The van der Waals surface area contributed by atoms with Crippen molar-refractivity contribution in [1.82, 2.24) is 9.78 Å². The molecule has 124 valence electrons. The van der Waals surface area contributed by atoms with E-state index in [4.69, 9.17) is 11.6 Å². The zero-order valence-electron chi connectivity index (χ0n) is 12.9. The number of ether oxygens (including phenoxy) is 1. The van der Waals surface area contributed by atoms with E-state index in [0.29, 0.717) is 5.69 Å². The van der Waals surface area contributed by atoms with Gasteiger partial charge >= 0.3 is 6.61 Å². The smallest absolute Gasteiger partial charge is 0.387 e. The summed E-state index contributed by atoms with van der Waals surface area (Å²) in [5.74, 6) is -0.388. The number of aryl methyl sites for hydroxylation is 2. The number of carbonyl (C=O) groups excluding carboxylic acids is 1. The summed E-state index contributed by atoms with van der Waals surface area (Å²) in [5, 5.41) is 6.92. The molecular weight excluding hydrogens is 328 g/mol. The Labute approximate surface area is 137 Å². The van der Waals surface area contributed by atoms with Gasteiger partial charge in [0.1, 0.15) is 5.75 Å². The highest BCUT2D eigenvalue weighted by Crippen LogP contribution is 2.29. The van der Waals surface area contributed by atoms with Gasteiger partial charge in [-0.25, -0.2) is 0 Å². The van der Waals surface area contributed by atoms with Crippen LogP contribution < -0.4 is 10.1 Å². The van der Waals surface area contributed by atoms with Gasteiger partial charge in [0.05, 0.1) is 17.1 Å². The van der Waals surface area contributed by atoms with Gasteiger partial charge in [0.2, 0.25) is 5.91 Å². The van der Waals surface area contributed by atoms with Crippen LogP contribution >= 0.6 is 11.6 Å². The fourth-order valence-corrected chi connectivity index (χ4v) is 2.43. The lowest BCUT2D eigenvalue weighted by atomic mass is 10.1. The number of alkyl halides is 2. The summed E-state index contributed by atoms with van der Waals surface area (Å²) in [6.07, 6.45) is 0.165. The third-order valence-corrected chi connectivity index (χ3v) is 3.72. The topological polar surface area (TPSA) is 56.2 Å². The van der Waals surface area contributed by atoms with Crippen LogP contribution in [0.2, 0.25) is 5.02 Å². The number of halogens is 3. The van der Waals surface area contributed by atoms with Crippen LogP contribution in [0.4, 0.5) is 14.5 Å². The molecule has 2 rings (SSSR count). The van der Waals surface area contributed by atoms with E-state index in [-0.39, 0.29) is 23.1 Å². The quantitative estimate of drug-likeness (QED) is 0.904. The Balaban J connectivity index is 2.07. The summed E-state index contributed by atoms with van der Waals surface area (Å²) in [6.45, 7) is 0.767. The fourth-order valence-electron chi connectivity index (χ4n) is 2.21. The van der Waals surface area contributed by atoms with E-state index in [9.17, 15) is 13.6 Å². The second-order valence-electron chi connectivity index (χ2n) is 5.02. The number of nitrogens with one attached hydrogen (secondary N) is 1. The van der Waals surface area contributed by atoms with Crippen LogP contribution in [-0.4, -0.2) is 22.3 Å². The van der Waals surface area contributed by atoms with Crippen molar-refractivity contribution in [2.24, 2.45) is 7.05 Å². The summed E-state index contributed by atoms with van der Waals surface area (Å²) >= 11 is 5.85. The third-order valence-electron chi connectivity index (χ3n) is 3.43. The minimum absolute atomic E-state index is 0.00293. The lowest BCUT2D eigenvalue weighted by molar-refractivity contribution is -0.115. The molecular formula is C15H16ClF2N3O2. The van der Waals surface area contributed by atoms with Gasteiger partial charge in [-0.15, -0.1) is 0 Å². The van der Waals surface area contributed by atoms with Crippen molar-refractivity contribution in [3.8, 4) is 5.75 Å². The molecule has 0 radical (unpaired) electrons. The van der Waals surface area contributed by atoms with E-state index in [2.05, 4.69) is 15.2 Å². The van der Waals surface area contributed by atoms with E-state index >= 15 is 0 Å². The van der Waals surface area contributed by atoms with Crippen molar-refractivity contribution in [2.45, 2.75) is 26.9 Å². The van der Waals surface area contributed by atoms with Gasteiger partial charge in [0.15, 0.2) is 0 Å². The van der Waals surface area contributed by atoms with Gasteiger partial charge in [0, 0.05) is 24.0 Å². The van der Waals surface area contributed by atoms with E-state index in [1.165, 1.54) is 18.2 Å². The van der Waals surface area contributed by atoms with E-state index in [0.717, 1.165) is 17.0 Å². The molecule has 0 fully saturated rings. The minimum Gasteiger partial charge on any atom is -0.433 e. The van der Waals surface area contributed by atoms with Crippen LogP contribution in [0.15, 0.2) is 18.2 Å². The standard InChI is InChI=1S/C15H16ClF2N3O2/c1-8-11(9(2)21(3)20-8)7-14(22)19-10-4-5-13(12(16)6-10)23-15(17)18/h4-6,15H,7H2,1-3H3,(H,19,22). The third kappa shape index (κ3) is 4.19. The largest absolute Gasteiger partial charge is 0.433 e. The molecule has 0 spiro atoms. The molecule has 2 aromatic rings. The maximum absolute atomic E-state index is 12.2. The summed E-state index contributed by atoms with van der Waals surface area (Å²) in [7, 11) is 1.81. The van der Waals surface area contributed by atoms with Crippen molar-refractivity contribution < 1.29 is 18.3 Å². The molecule has 1 heterocycles. The van der Waals surface area contributed by atoms with Gasteiger partial charge in [-0.1, -0.05) is 11.6 Å². The predicted octanol–water partition coefficient (Wildman–Crippen LogP) is 3.47. The van der Waals surface area contributed by atoms with E-state index in [1.807, 2.05) is 20.9 Å². The van der Waals surface area contributed by atoms with E-state index in [1.54, 1.807) is 4.68 Å². The molecule has 1 aromatic heterocycles. The number of hydrogen-bond donors (Lipinski definition) is 1. The highest BCUT2D eigenvalue weighted by atomic mass is 35.5. The second kappa shape index (κ2) is 6.95. The van der Waals surface area contributed by atoms with Crippen molar-refractivity contribution in [2.75, 3.05) is 5.32 Å². The highest BCUT2D eigenvalue weighted by Gasteiger charge is 2.14. The molecule has 1 aromatic carbocycles. The summed E-state index contributed by atoms with van der Waals surface area (Å²) in [6, 6.07) is 4.09. The number of anilines is 1. The lowest BCUT2D eigenvalue weighted by Crippen LogP contribution is -2.15. The average molecular weight is 344 g/mol. The number of aromatic nitrogens is 2. The first-order valence-electron chi connectivity index (χ1n) is 6.81. The molecule has 0 bridgehead atoms. The molecule has 0 aliphatic rings. The number of hydrogen-bond acceptors (Lipinski definition) is 3. The molecule has 1 N–H and O–H groups in total. The maximum atomic E-state index is 12.2. The molecule has 1 amide bonds. The molecule has 0 unspecified atom stereocenters. The minimum atomic E-state index is -2.95. The Hall–Kier alpha value is -2.15. The van der Waals surface area contributed by atoms with Crippen molar-refractivity contribution in [1.29, 1.82) is 0 Å². The van der Waals surface area contributed by atoms with Gasteiger partial charge in [-0.05, 0) is 32.0 Å². The molecule has 23 heavy (non-hydrogen) atoms. The molecule has 8 heteroatoms. The maximum Gasteiger partial charge on any atom is 0.387 e. The molecule has 5 nitrogen and oxygen atoms in total. The Morgan fingerprint density at radius 1 is 1.43 bits per heavy atom. The summed E-state index contributed by atoms with van der Waals surface area (Å²) in [5.41, 5.74) is 2.96. The number of benzene rings is 1. The SMILES string of the molecule is Cc1nn(C)c(C)c1CC(=O)Nc1ccc(OC(F)F)c(Cl)c1. The molecule has 0 aliphatic carbocycles. The molecule has 0 saturated heterocycles. The first-order chi connectivity index (χ1) is 10.8.